The van der Waals surface area contributed by atoms with Crippen molar-refractivity contribution in [1.29, 1.82) is 0 Å². The van der Waals surface area contributed by atoms with Crippen molar-refractivity contribution in [3.8, 4) is 11.4 Å². The molecule has 26 heavy (non-hydrogen) atoms. The number of nitrogens with zero attached hydrogens (tertiary/aromatic N) is 6. The average Bonchev–Trinajstić information content (AvgIpc) is 2.63. The molecule has 0 atom stereocenters. The Morgan fingerprint density at radius 3 is 1.46 bits per heavy atom. The second kappa shape index (κ2) is 9.26. The molecule has 0 saturated carbocycles. The Hall–Kier alpha value is -1.02. The second-order valence-corrected chi connectivity index (χ2v) is 9.04. The molecule has 6 nitrogen and oxygen atoms in total. The summed E-state index contributed by atoms with van der Waals surface area (Å²) in [5, 5.41) is 10.1. The van der Waals surface area contributed by atoms with Gasteiger partial charge in [-0.3, -0.25) is 0 Å². The van der Waals surface area contributed by atoms with Crippen LogP contribution in [0.2, 0.25) is 0 Å². The van der Waals surface area contributed by atoms with Crippen LogP contribution in [0.5, 0.6) is 0 Å². The van der Waals surface area contributed by atoms with Crippen molar-refractivity contribution in [2.75, 3.05) is 0 Å². The molecule has 2 aromatic heterocycles. The van der Waals surface area contributed by atoms with Gasteiger partial charge in [-0.05, 0) is 11.3 Å². The van der Waals surface area contributed by atoms with E-state index < -0.39 is 7.59 Å². The van der Waals surface area contributed by atoms with Gasteiger partial charge in [-0.2, -0.15) is 0 Å². The van der Waals surface area contributed by atoms with Gasteiger partial charge >= 0.3 is 0 Å². The molecule has 0 spiro atoms. The number of hydrogen-bond acceptors (Lipinski definition) is 6. The topological polar surface area (TPSA) is 77.3 Å². The fraction of sp³-hybridized carbons (Fsp3) is 0.143. The largest absolute Gasteiger partial charge is 0.250 e. The molecule has 3 rings (SSSR count). The molecule has 0 amide bonds. The van der Waals surface area contributed by atoms with Gasteiger partial charge in [0.05, 0.1) is 12.4 Å². The molecule has 2 heterocycles. The van der Waals surface area contributed by atoms with E-state index >= 15 is 0 Å². The molecule has 3 aromatic rings. The smallest absolute Gasteiger partial charge is 0.209 e. The number of benzene rings is 1. The lowest BCUT2D eigenvalue weighted by molar-refractivity contribution is 0.851. The Labute approximate surface area is 178 Å². The lowest BCUT2D eigenvalue weighted by atomic mass is 10.2. The standard InChI is InChI=1S/C11H5Cl6N3.C3H3N3/c12-10(13,14)8-18-7(6-4-2-1-3-5-6)19-9(20-8)11(15,16)17;1-2-4-6-5-3-1/h1-5H;1-3H. The maximum absolute atomic E-state index is 5.79. The zero-order valence-corrected chi connectivity index (χ0v) is 17.1. The molecule has 0 N–H and O–H groups in total. The van der Waals surface area contributed by atoms with E-state index in [0.717, 1.165) is 0 Å². The summed E-state index contributed by atoms with van der Waals surface area (Å²) in [6.45, 7) is 0. The Morgan fingerprint density at radius 2 is 1.12 bits per heavy atom. The van der Waals surface area contributed by atoms with Crippen LogP contribution in [-0.2, 0) is 7.59 Å². The molecule has 0 aliphatic heterocycles. The minimum absolute atomic E-state index is 0.113. The SMILES string of the molecule is ClC(Cl)(Cl)c1nc(-c2ccccc2)nc(C(Cl)(Cl)Cl)n1.c1cnnnc1. The molecular weight excluding hydrogens is 465 g/mol. The first-order chi connectivity index (χ1) is 12.2. The Morgan fingerprint density at radius 1 is 0.615 bits per heavy atom. The minimum Gasteiger partial charge on any atom is -0.209 e. The van der Waals surface area contributed by atoms with Gasteiger partial charge in [0.25, 0.3) is 0 Å². The normalized spacial score (nSPS) is 11.5. The zero-order chi connectivity index (χ0) is 19.2. The number of hydrogen-bond donors (Lipinski definition) is 0. The van der Waals surface area contributed by atoms with Crippen molar-refractivity contribution in [2.24, 2.45) is 0 Å². The molecule has 0 fully saturated rings. The van der Waals surface area contributed by atoms with Gasteiger partial charge in [0.15, 0.2) is 17.5 Å². The summed E-state index contributed by atoms with van der Waals surface area (Å²) in [6.07, 6.45) is 3.15. The quantitative estimate of drug-likeness (QED) is 0.460. The molecule has 0 unspecified atom stereocenters. The van der Waals surface area contributed by atoms with Crippen molar-refractivity contribution in [1.82, 2.24) is 30.4 Å². The van der Waals surface area contributed by atoms with Crippen molar-refractivity contribution < 1.29 is 0 Å². The number of rotatable bonds is 1. The summed E-state index contributed by atoms with van der Waals surface area (Å²) in [7, 11) is 0. The molecule has 0 aliphatic carbocycles. The van der Waals surface area contributed by atoms with Gasteiger partial charge in [-0.1, -0.05) is 99.9 Å². The van der Waals surface area contributed by atoms with Crippen molar-refractivity contribution >= 4 is 69.6 Å². The van der Waals surface area contributed by atoms with Crippen molar-refractivity contribution in [3.05, 3.63) is 60.4 Å². The van der Waals surface area contributed by atoms with Crippen LogP contribution in [0.3, 0.4) is 0 Å². The molecule has 136 valence electrons. The maximum atomic E-state index is 5.79. The third-order valence-corrected chi connectivity index (χ3v) is 3.60. The van der Waals surface area contributed by atoms with Crippen LogP contribution >= 0.6 is 69.6 Å². The molecule has 12 heteroatoms. The third kappa shape index (κ3) is 6.61. The van der Waals surface area contributed by atoms with E-state index in [1.54, 1.807) is 30.6 Å². The molecular formula is C14H8Cl6N6. The predicted octanol–water partition coefficient (Wildman–Crippen LogP) is 5.06. The highest BCUT2D eigenvalue weighted by Crippen LogP contribution is 2.40. The first-order valence-corrected chi connectivity index (χ1v) is 8.99. The van der Waals surface area contributed by atoms with Crippen molar-refractivity contribution in [3.63, 3.8) is 0 Å². The Balaban J connectivity index is 0.000000342. The van der Waals surface area contributed by atoms with E-state index in [2.05, 4.69) is 30.4 Å². The molecule has 0 saturated heterocycles. The van der Waals surface area contributed by atoms with Crippen LogP contribution in [0, 0.1) is 0 Å². The van der Waals surface area contributed by atoms with E-state index in [1.807, 2.05) is 18.2 Å². The highest BCUT2D eigenvalue weighted by Gasteiger charge is 2.33. The van der Waals surface area contributed by atoms with Gasteiger partial charge in [0.1, 0.15) is 0 Å². The first-order valence-electron chi connectivity index (χ1n) is 6.72. The summed E-state index contributed by atoms with van der Waals surface area (Å²) in [5.41, 5.74) is 0.681. The molecule has 0 aliphatic rings. The summed E-state index contributed by atoms with van der Waals surface area (Å²) in [4.78, 5) is 12.1. The third-order valence-electron chi connectivity index (χ3n) is 2.58. The number of aromatic nitrogens is 6. The molecule has 1 aromatic carbocycles. The number of alkyl halides is 6. The number of halogens is 6. The summed E-state index contributed by atoms with van der Waals surface area (Å²) >= 11 is 34.7. The zero-order valence-electron chi connectivity index (χ0n) is 12.6. The summed E-state index contributed by atoms with van der Waals surface area (Å²) in [5.74, 6) is 0.0265. The monoisotopic (exact) mass is 470 g/mol. The van der Waals surface area contributed by atoms with Crippen LogP contribution in [-0.4, -0.2) is 30.4 Å². The highest BCUT2D eigenvalue weighted by molar-refractivity contribution is 6.67. The van der Waals surface area contributed by atoms with Gasteiger partial charge in [-0.25, -0.2) is 15.0 Å². The van der Waals surface area contributed by atoms with Crippen LogP contribution < -0.4 is 0 Å². The van der Waals surface area contributed by atoms with Crippen LogP contribution in [0.25, 0.3) is 11.4 Å². The van der Waals surface area contributed by atoms with E-state index in [0.29, 0.717) is 5.56 Å². The van der Waals surface area contributed by atoms with Gasteiger partial charge in [0, 0.05) is 5.56 Å². The highest BCUT2D eigenvalue weighted by atomic mass is 35.6. The maximum Gasteiger partial charge on any atom is 0.250 e. The lowest BCUT2D eigenvalue weighted by Crippen LogP contribution is -2.16. The van der Waals surface area contributed by atoms with Gasteiger partial charge in [0.2, 0.25) is 7.59 Å². The minimum atomic E-state index is -1.85. The first kappa shape index (κ1) is 21.3. The fourth-order valence-corrected chi connectivity index (χ4v) is 2.06. The second-order valence-electron chi connectivity index (χ2n) is 4.48. The lowest BCUT2D eigenvalue weighted by Gasteiger charge is -2.15. The summed E-state index contributed by atoms with van der Waals surface area (Å²) in [6, 6.07) is 10.7. The molecule has 0 radical (unpaired) electrons. The van der Waals surface area contributed by atoms with Crippen LogP contribution in [0.1, 0.15) is 11.6 Å². The average molecular weight is 473 g/mol. The molecule has 0 bridgehead atoms. The van der Waals surface area contributed by atoms with E-state index in [9.17, 15) is 0 Å². The Bertz CT molecular complexity index is 764. The van der Waals surface area contributed by atoms with Crippen molar-refractivity contribution in [2.45, 2.75) is 7.59 Å². The van der Waals surface area contributed by atoms with Crippen LogP contribution in [0.4, 0.5) is 0 Å². The fourth-order valence-electron chi connectivity index (χ4n) is 1.55. The predicted molar refractivity (Wildman–Crippen MR) is 104 cm³/mol. The van der Waals surface area contributed by atoms with Gasteiger partial charge in [-0.15, -0.1) is 10.2 Å². The Kier molecular flexibility index (Phi) is 7.58. The van der Waals surface area contributed by atoms with Crippen LogP contribution in [0.15, 0.2) is 48.8 Å². The van der Waals surface area contributed by atoms with E-state index in [4.69, 9.17) is 69.6 Å². The van der Waals surface area contributed by atoms with Gasteiger partial charge < -0.3 is 0 Å². The van der Waals surface area contributed by atoms with E-state index in [1.165, 1.54) is 0 Å². The van der Waals surface area contributed by atoms with E-state index in [-0.39, 0.29) is 17.5 Å². The summed E-state index contributed by atoms with van der Waals surface area (Å²) < 4.78 is -3.70.